The van der Waals surface area contributed by atoms with Crippen molar-refractivity contribution in [2.75, 3.05) is 0 Å². The van der Waals surface area contributed by atoms with Gasteiger partial charge in [-0.15, -0.1) is 0 Å². The molecule has 0 aliphatic rings. The summed E-state index contributed by atoms with van der Waals surface area (Å²) in [5.74, 6) is 0. The highest BCUT2D eigenvalue weighted by Gasteiger charge is 2.27. The van der Waals surface area contributed by atoms with E-state index in [1.807, 2.05) is 0 Å². The Kier molecular flexibility index (Phi) is 3.72. The first-order valence-corrected chi connectivity index (χ1v) is 6.87. The molecule has 0 amide bonds. The Morgan fingerprint density at radius 2 is 1.00 bits per heavy atom. The van der Waals surface area contributed by atoms with Crippen molar-refractivity contribution in [1.29, 1.82) is 0 Å². The molecule has 14 heteroatoms. The molecule has 136 valence electrons. The maximum absolute atomic E-state index is 12.7. The molecule has 0 spiro atoms. The minimum absolute atomic E-state index is 0.472. The molecule has 14 nitrogen and oxygen atoms in total. The van der Waals surface area contributed by atoms with Gasteiger partial charge in [-0.05, 0) is 0 Å². The number of hydrogen-bond donors (Lipinski definition) is 1. The summed E-state index contributed by atoms with van der Waals surface area (Å²) in [4.78, 5) is 55.6. The van der Waals surface area contributed by atoms with Crippen molar-refractivity contribution in [3.63, 3.8) is 0 Å². The molecule has 3 aromatic rings. The number of fused-ring (bicyclic) bond motifs is 2. The van der Waals surface area contributed by atoms with Gasteiger partial charge >= 0.3 is 0 Å². The monoisotopic (exact) mass is 375 g/mol. The summed E-state index contributed by atoms with van der Waals surface area (Å²) in [6.07, 6.45) is 0. The van der Waals surface area contributed by atoms with Crippen LogP contribution >= 0.6 is 0 Å². The van der Waals surface area contributed by atoms with E-state index in [4.69, 9.17) is 0 Å². The van der Waals surface area contributed by atoms with Crippen LogP contribution in [0.25, 0.3) is 21.8 Å². The van der Waals surface area contributed by atoms with Crippen LogP contribution < -0.4 is 5.43 Å². The topological polar surface area (TPSA) is 205 Å². The summed E-state index contributed by atoms with van der Waals surface area (Å²) >= 11 is 0. The lowest BCUT2D eigenvalue weighted by Gasteiger charge is -2.05. The second-order valence-electron chi connectivity index (χ2n) is 5.26. The summed E-state index contributed by atoms with van der Waals surface area (Å²) in [7, 11) is 0. The fraction of sp³-hybridized carbons (Fsp3) is 0. The van der Waals surface area contributed by atoms with Crippen molar-refractivity contribution < 1.29 is 19.7 Å². The van der Waals surface area contributed by atoms with Crippen molar-refractivity contribution >= 4 is 44.6 Å². The molecule has 3 rings (SSSR count). The average molecular weight is 375 g/mol. The molecular formula is C13H5N5O9. The first kappa shape index (κ1) is 17.3. The van der Waals surface area contributed by atoms with E-state index >= 15 is 0 Å². The number of aromatic nitrogens is 1. The smallest absolute Gasteiger partial charge is 0.300 e. The molecule has 0 atom stereocenters. The van der Waals surface area contributed by atoms with Gasteiger partial charge in [-0.2, -0.15) is 0 Å². The quantitative estimate of drug-likeness (QED) is 0.402. The van der Waals surface area contributed by atoms with Crippen molar-refractivity contribution in [2.24, 2.45) is 0 Å². The number of aromatic amines is 1. The van der Waals surface area contributed by atoms with Crippen molar-refractivity contribution in [2.45, 2.75) is 0 Å². The highest BCUT2D eigenvalue weighted by molar-refractivity contribution is 6.01. The van der Waals surface area contributed by atoms with Crippen LogP contribution in [0.3, 0.4) is 0 Å². The van der Waals surface area contributed by atoms with Gasteiger partial charge in [-0.25, -0.2) is 0 Å². The molecule has 0 saturated heterocycles. The Labute approximate surface area is 145 Å². The van der Waals surface area contributed by atoms with Gasteiger partial charge in [0.1, 0.15) is 11.0 Å². The zero-order valence-electron chi connectivity index (χ0n) is 12.8. The SMILES string of the molecule is O=c1c2cc([N+](=O)[O-])cc([N+](=O)[O-])c2[nH]c2c([N+](=O)[O-])cc([N+](=O)[O-])cc12. The number of nitrogens with zero attached hydrogens (tertiary/aromatic N) is 4. The normalized spacial score (nSPS) is 10.8. The van der Waals surface area contributed by atoms with Crippen LogP contribution in [0.2, 0.25) is 0 Å². The van der Waals surface area contributed by atoms with Crippen LogP contribution in [0.15, 0.2) is 29.1 Å². The van der Waals surface area contributed by atoms with Gasteiger partial charge in [-0.1, -0.05) is 0 Å². The standard InChI is InChI=1S/C13H5N5O9/c19-13-7-1-5(15(20)21)3-9(17(24)25)11(7)14-12-8(13)2-6(16(22)23)4-10(12)18(26)27/h1-4H,(H,14,19). The minimum Gasteiger partial charge on any atom is -0.343 e. The van der Waals surface area contributed by atoms with Gasteiger partial charge < -0.3 is 4.98 Å². The number of nitrogens with one attached hydrogen (secondary N) is 1. The van der Waals surface area contributed by atoms with Crippen LogP contribution in [-0.2, 0) is 0 Å². The van der Waals surface area contributed by atoms with Crippen molar-refractivity contribution in [3.05, 3.63) is 74.9 Å². The molecular weight excluding hydrogens is 370 g/mol. The Morgan fingerprint density at radius 1 is 0.630 bits per heavy atom. The number of H-pyrrole nitrogens is 1. The van der Waals surface area contributed by atoms with E-state index in [0.29, 0.717) is 12.1 Å². The third-order valence-corrected chi connectivity index (χ3v) is 3.76. The maximum Gasteiger partial charge on any atom is 0.300 e. The number of rotatable bonds is 4. The van der Waals surface area contributed by atoms with Gasteiger partial charge in [0.25, 0.3) is 22.7 Å². The van der Waals surface area contributed by atoms with Gasteiger partial charge in [0.2, 0.25) is 0 Å². The van der Waals surface area contributed by atoms with Crippen LogP contribution in [0.1, 0.15) is 0 Å². The first-order chi connectivity index (χ1) is 12.6. The summed E-state index contributed by atoms with van der Waals surface area (Å²) < 4.78 is 0. The van der Waals surface area contributed by atoms with E-state index in [1.165, 1.54) is 0 Å². The Bertz CT molecular complexity index is 1170. The van der Waals surface area contributed by atoms with Crippen LogP contribution in [0, 0.1) is 40.5 Å². The minimum atomic E-state index is -1.06. The Hall–Kier alpha value is -4.49. The number of non-ortho nitro benzene ring substituents is 4. The maximum atomic E-state index is 12.7. The fourth-order valence-electron chi connectivity index (χ4n) is 2.61. The molecule has 0 unspecified atom stereocenters. The zero-order chi connectivity index (χ0) is 20.0. The molecule has 2 aromatic carbocycles. The van der Waals surface area contributed by atoms with E-state index in [9.17, 15) is 45.3 Å². The molecule has 0 radical (unpaired) electrons. The number of nitro benzene ring substituents is 4. The van der Waals surface area contributed by atoms with Gasteiger partial charge in [0.05, 0.1) is 42.6 Å². The van der Waals surface area contributed by atoms with Crippen molar-refractivity contribution in [1.82, 2.24) is 4.98 Å². The van der Waals surface area contributed by atoms with Crippen molar-refractivity contribution in [3.8, 4) is 0 Å². The Morgan fingerprint density at radius 3 is 1.30 bits per heavy atom. The molecule has 0 bridgehead atoms. The zero-order valence-corrected chi connectivity index (χ0v) is 12.8. The summed E-state index contributed by atoms with van der Waals surface area (Å²) in [6.45, 7) is 0. The van der Waals surface area contributed by atoms with Gasteiger partial charge in [0, 0.05) is 12.1 Å². The van der Waals surface area contributed by atoms with E-state index in [0.717, 1.165) is 12.1 Å². The lowest BCUT2D eigenvalue weighted by Crippen LogP contribution is -2.09. The van der Waals surface area contributed by atoms with E-state index < -0.39 is 69.7 Å². The molecule has 0 fully saturated rings. The van der Waals surface area contributed by atoms with Crippen LogP contribution in [0.5, 0.6) is 0 Å². The van der Waals surface area contributed by atoms with Gasteiger partial charge in [0.15, 0.2) is 5.43 Å². The van der Waals surface area contributed by atoms with E-state index in [1.54, 1.807) is 0 Å². The van der Waals surface area contributed by atoms with Crippen LogP contribution in [0.4, 0.5) is 22.7 Å². The lowest BCUT2D eigenvalue weighted by molar-refractivity contribution is -0.393. The summed E-state index contributed by atoms with van der Waals surface area (Å²) in [5, 5.41) is 43.4. The molecule has 1 heterocycles. The second-order valence-corrected chi connectivity index (χ2v) is 5.26. The van der Waals surface area contributed by atoms with Crippen LogP contribution in [-0.4, -0.2) is 24.7 Å². The summed E-state index contributed by atoms with van der Waals surface area (Å²) in [6, 6.07) is 2.71. The highest BCUT2D eigenvalue weighted by atomic mass is 16.6. The third kappa shape index (κ3) is 2.66. The molecule has 1 aromatic heterocycles. The first-order valence-electron chi connectivity index (χ1n) is 6.87. The largest absolute Gasteiger partial charge is 0.343 e. The predicted molar refractivity (Wildman–Crippen MR) is 88.7 cm³/mol. The number of hydrogen-bond acceptors (Lipinski definition) is 9. The molecule has 0 saturated carbocycles. The molecule has 0 aliphatic heterocycles. The van der Waals surface area contributed by atoms with E-state index in [2.05, 4.69) is 4.98 Å². The lowest BCUT2D eigenvalue weighted by atomic mass is 10.1. The number of benzene rings is 2. The second kappa shape index (κ2) is 5.80. The number of pyridine rings is 1. The summed E-state index contributed by atoms with van der Waals surface area (Å²) in [5.41, 5.74) is -5.19. The molecule has 1 N–H and O–H groups in total. The van der Waals surface area contributed by atoms with E-state index in [-0.39, 0.29) is 0 Å². The number of nitro groups is 4. The molecule has 27 heavy (non-hydrogen) atoms. The predicted octanol–water partition coefficient (Wildman–Crippen LogP) is 2.31. The fourth-order valence-corrected chi connectivity index (χ4v) is 2.61. The van der Waals surface area contributed by atoms with Gasteiger partial charge in [-0.3, -0.25) is 45.3 Å². The average Bonchev–Trinajstić information content (AvgIpc) is 2.59. The third-order valence-electron chi connectivity index (χ3n) is 3.76. The molecule has 0 aliphatic carbocycles. The Balaban J connectivity index is 2.62. The highest BCUT2D eigenvalue weighted by Crippen LogP contribution is 2.33.